The standard InChI is InChI=1S/C15H26N2S/c1-12-6-5-7-13(12)10-16-14-17-15(11-18-14)8-3-2-4-9-15/h12-13H,2-11H2,1H3,(H,16,17). The molecule has 1 N–H and O–H groups in total. The average Bonchev–Trinajstić information content (AvgIpc) is 2.96. The highest BCUT2D eigenvalue weighted by atomic mass is 32.2. The van der Waals surface area contributed by atoms with Crippen LogP contribution in [0.3, 0.4) is 0 Å². The second-order valence-electron chi connectivity index (χ2n) is 6.57. The fourth-order valence-corrected chi connectivity index (χ4v) is 5.01. The van der Waals surface area contributed by atoms with E-state index < -0.39 is 0 Å². The first-order valence-electron chi connectivity index (χ1n) is 7.73. The predicted octanol–water partition coefficient (Wildman–Crippen LogP) is 3.82. The van der Waals surface area contributed by atoms with E-state index in [9.17, 15) is 0 Å². The van der Waals surface area contributed by atoms with Gasteiger partial charge in [-0.2, -0.15) is 0 Å². The van der Waals surface area contributed by atoms with Gasteiger partial charge in [0, 0.05) is 17.8 Å². The van der Waals surface area contributed by atoms with Gasteiger partial charge in [0.1, 0.15) is 0 Å². The van der Waals surface area contributed by atoms with Gasteiger partial charge in [0.15, 0.2) is 5.17 Å². The van der Waals surface area contributed by atoms with Gasteiger partial charge in [-0.25, -0.2) is 0 Å². The highest BCUT2D eigenvalue weighted by molar-refractivity contribution is 8.14. The minimum Gasteiger partial charge on any atom is -0.359 e. The van der Waals surface area contributed by atoms with Crippen LogP contribution >= 0.6 is 11.8 Å². The van der Waals surface area contributed by atoms with Gasteiger partial charge in [-0.1, -0.05) is 50.8 Å². The molecule has 18 heavy (non-hydrogen) atoms. The van der Waals surface area contributed by atoms with Crippen molar-refractivity contribution in [3.63, 3.8) is 0 Å². The highest BCUT2D eigenvalue weighted by Gasteiger charge is 2.38. The number of amidine groups is 1. The zero-order valence-electron chi connectivity index (χ0n) is 11.6. The van der Waals surface area contributed by atoms with Crippen LogP contribution in [0.15, 0.2) is 4.99 Å². The predicted molar refractivity (Wildman–Crippen MR) is 80.2 cm³/mol. The molecule has 0 aromatic heterocycles. The summed E-state index contributed by atoms with van der Waals surface area (Å²) in [5.74, 6) is 3.00. The van der Waals surface area contributed by atoms with E-state index in [0.29, 0.717) is 5.54 Å². The summed E-state index contributed by atoms with van der Waals surface area (Å²) in [7, 11) is 0. The van der Waals surface area contributed by atoms with Crippen LogP contribution in [0.25, 0.3) is 0 Å². The van der Waals surface area contributed by atoms with Crippen molar-refractivity contribution in [2.45, 2.75) is 63.8 Å². The van der Waals surface area contributed by atoms with E-state index in [1.807, 2.05) is 11.8 Å². The normalized spacial score (nSPS) is 37.3. The van der Waals surface area contributed by atoms with E-state index in [4.69, 9.17) is 4.99 Å². The molecule has 2 aliphatic carbocycles. The van der Waals surface area contributed by atoms with Crippen molar-refractivity contribution in [3.05, 3.63) is 0 Å². The lowest BCUT2D eigenvalue weighted by atomic mass is 9.83. The van der Waals surface area contributed by atoms with Crippen molar-refractivity contribution in [2.24, 2.45) is 16.8 Å². The molecule has 3 heteroatoms. The maximum Gasteiger partial charge on any atom is 0.157 e. The Balaban J connectivity index is 1.54. The Hall–Kier alpha value is -0.180. The van der Waals surface area contributed by atoms with Crippen LogP contribution in [0.2, 0.25) is 0 Å². The van der Waals surface area contributed by atoms with Crippen molar-refractivity contribution >= 4 is 16.9 Å². The van der Waals surface area contributed by atoms with Crippen molar-refractivity contribution in [1.82, 2.24) is 5.32 Å². The Morgan fingerprint density at radius 3 is 2.78 bits per heavy atom. The second kappa shape index (κ2) is 5.44. The Morgan fingerprint density at radius 2 is 2.06 bits per heavy atom. The molecule has 2 saturated carbocycles. The number of hydrogen-bond acceptors (Lipinski definition) is 2. The Kier molecular flexibility index (Phi) is 3.88. The van der Waals surface area contributed by atoms with Crippen LogP contribution in [0.5, 0.6) is 0 Å². The fourth-order valence-electron chi connectivity index (χ4n) is 3.78. The molecule has 2 unspecified atom stereocenters. The Morgan fingerprint density at radius 1 is 1.22 bits per heavy atom. The van der Waals surface area contributed by atoms with Crippen LogP contribution in [-0.2, 0) is 0 Å². The topological polar surface area (TPSA) is 24.4 Å². The van der Waals surface area contributed by atoms with Gasteiger partial charge in [-0.3, -0.25) is 4.99 Å². The van der Waals surface area contributed by atoms with Crippen molar-refractivity contribution in [3.8, 4) is 0 Å². The number of nitrogens with one attached hydrogen (secondary N) is 1. The lowest BCUT2D eigenvalue weighted by molar-refractivity contribution is 0.303. The van der Waals surface area contributed by atoms with Gasteiger partial charge < -0.3 is 5.32 Å². The molecule has 1 saturated heterocycles. The first kappa shape index (κ1) is 12.8. The van der Waals surface area contributed by atoms with Gasteiger partial charge in [0.2, 0.25) is 0 Å². The molecule has 2 nitrogen and oxygen atoms in total. The van der Waals surface area contributed by atoms with E-state index in [1.165, 1.54) is 62.3 Å². The van der Waals surface area contributed by atoms with Crippen LogP contribution in [0, 0.1) is 11.8 Å². The molecule has 1 spiro atoms. The molecule has 1 aliphatic heterocycles. The summed E-state index contributed by atoms with van der Waals surface area (Å²) in [4.78, 5) is 4.87. The van der Waals surface area contributed by atoms with Gasteiger partial charge in [0.25, 0.3) is 0 Å². The Labute approximate surface area is 115 Å². The second-order valence-corrected chi connectivity index (χ2v) is 7.53. The van der Waals surface area contributed by atoms with Crippen LogP contribution in [0.4, 0.5) is 0 Å². The molecular weight excluding hydrogens is 240 g/mol. The number of nitrogens with zero attached hydrogens (tertiary/aromatic N) is 1. The molecule has 3 aliphatic rings. The molecule has 102 valence electrons. The molecule has 2 atom stereocenters. The third kappa shape index (κ3) is 2.71. The van der Waals surface area contributed by atoms with Gasteiger partial charge >= 0.3 is 0 Å². The minimum atomic E-state index is 0.420. The van der Waals surface area contributed by atoms with Gasteiger partial charge in [-0.05, 0) is 31.1 Å². The van der Waals surface area contributed by atoms with Crippen molar-refractivity contribution in [1.29, 1.82) is 0 Å². The smallest absolute Gasteiger partial charge is 0.157 e. The summed E-state index contributed by atoms with van der Waals surface area (Å²) in [6.45, 7) is 3.46. The average molecular weight is 266 g/mol. The van der Waals surface area contributed by atoms with Gasteiger partial charge in [0.05, 0.1) is 0 Å². The minimum absolute atomic E-state index is 0.420. The number of hydrogen-bond donors (Lipinski definition) is 1. The first-order valence-corrected chi connectivity index (χ1v) is 8.71. The molecule has 0 amide bonds. The molecule has 3 rings (SSSR count). The molecular formula is C15H26N2S. The number of rotatable bonds is 2. The van der Waals surface area contributed by atoms with Crippen LogP contribution in [-0.4, -0.2) is 23.0 Å². The molecule has 1 heterocycles. The van der Waals surface area contributed by atoms with Crippen molar-refractivity contribution < 1.29 is 0 Å². The quantitative estimate of drug-likeness (QED) is 0.821. The summed E-state index contributed by atoms with van der Waals surface area (Å²) in [6, 6.07) is 0. The summed E-state index contributed by atoms with van der Waals surface area (Å²) < 4.78 is 0. The third-order valence-corrected chi connectivity index (χ3v) is 6.38. The van der Waals surface area contributed by atoms with E-state index in [1.54, 1.807) is 0 Å². The van der Waals surface area contributed by atoms with Crippen LogP contribution < -0.4 is 5.32 Å². The SMILES string of the molecule is CC1CCCC1CN=C1NC2(CCCCC2)CS1. The summed E-state index contributed by atoms with van der Waals surface area (Å²) in [6.07, 6.45) is 11.2. The monoisotopic (exact) mass is 266 g/mol. The summed E-state index contributed by atoms with van der Waals surface area (Å²) in [5.41, 5.74) is 0.420. The first-order chi connectivity index (χ1) is 8.77. The summed E-state index contributed by atoms with van der Waals surface area (Å²) >= 11 is 1.97. The maximum absolute atomic E-state index is 4.87. The lowest BCUT2D eigenvalue weighted by Gasteiger charge is -2.32. The largest absolute Gasteiger partial charge is 0.359 e. The molecule has 3 fully saturated rings. The zero-order chi connectivity index (χ0) is 12.4. The Bertz CT molecular complexity index is 320. The maximum atomic E-state index is 4.87. The summed E-state index contributed by atoms with van der Waals surface area (Å²) in [5, 5.41) is 5.00. The highest BCUT2D eigenvalue weighted by Crippen LogP contribution is 2.37. The van der Waals surface area contributed by atoms with Crippen molar-refractivity contribution in [2.75, 3.05) is 12.3 Å². The zero-order valence-corrected chi connectivity index (χ0v) is 12.4. The van der Waals surface area contributed by atoms with Crippen LogP contribution in [0.1, 0.15) is 58.3 Å². The number of aliphatic imine (C=N–C) groups is 1. The van der Waals surface area contributed by atoms with E-state index >= 15 is 0 Å². The molecule has 0 aromatic carbocycles. The lowest BCUT2D eigenvalue weighted by Crippen LogP contribution is -2.45. The van der Waals surface area contributed by atoms with Gasteiger partial charge in [-0.15, -0.1) is 0 Å². The molecule has 0 radical (unpaired) electrons. The third-order valence-electron chi connectivity index (χ3n) is 5.18. The van der Waals surface area contributed by atoms with E-state index in [-0.39, 0.29) is 0 Å². The molecule has 0 bridgehead atoms. The fraction of sp³-hybridized carbons (Fsp3) is 0.933. The van der Waals surface area contributed by atoms with E-state index in [0.717, 1.165) is 18.4 Å². The molecule has 0 aromatic rings. The van der Waals surface area contributed by atoms with E-state index in [2.05, 4.69) is 12.2 Å². The number of thioether (sulfide) groups is 1.